The predicted molar refractivity (Wildman–Crippen MR) is 116 cm³/mol. The summed E-state index contributed by atoms with van der Waals surface area (Å²) < 4.78 is 24.1. The van der Waals surface area contributed by atoms with Gasteiger partial charge in [-0.05, 0) is 53.9 Å². The van der Waals surface area contributed by atoms with E-state index in [1.54, 1.807) is 32.5 Å². The molecule has 0 aliphatic carbocycles. The minimum atomic E-state index is -0.308. The van der Waals surface area contributed by atoms with Gasteiger partial charge in [-0.15, -0.1) is 0 Å². The van der Waals surface area contributed by atoms with Crippen LogP contribution in [0.2, 0.25) is 0 Å². The van der Waals surface area contributed by atoms with E-state index in [2.05, 4.69) is 26.7 Å². The number of para-hydroxylation sites is 1. The summed E-state index contributed by atoms with van der Waals surface area (Å²) in [6.07, 6.45) is 2.49. The predicted octanol–water partition coefficient (Wildman–Crippen LogP) is 3.93. The lowest BCUT2D eigenvalue weighted by molar-refractivity contribution is 0.409. The molecule has 0 radical (unpaired) electrons. The molecule has 0 saturated carbocycles. The normalized spacial score (nSPS) is 11.1. The fourth-order valence-corrected chi connectivity index (χ4v) is 2.87. The summed E-state index contributed by atoms with van der Waals surface area (Å²) in [5.41, 5.74) is 2.12. The van der Waals surface area contributed by atoms with Crippen molar-refractivity contribution < 1.29 is 13.9 Å². The van der Waals surface area contributed by atoms with E-state index in [0.29, 0.717) is 24.1 Å². The SMILES string of the molecule is CN=C(NCCc1ccccc1OC)NCc1ccnc(Oc2ccc(F)cc2)c1. The largest absolute Gasteiger partial charge is 0.496 e. The van der Waals surface area contributed by atoms with Crippen molar-refractivity contribution in [1.29, 1.82) is 0 Å². The summed E-state index contributed by atoms with van der Waals surface area (Å²) >= 11 is 0. The van der Waals surface area contributed by atoms with Gasteiger partial charge in [-0.3, -0.25) is 4.99 Å². The third kappa shape index (κ3) is 6.20. The number of hydrogen-bond donors (Lipinski definition) is 2. The summed E-state index contributed by atoms with van der Waals surface area (Å²) in [5.74, 6) is 2.25. The van der Waals surface area contributed by atoms with Crippen LogP contribution in [-0.2, 0) is 13.0 Å². The maximum atomic E-state index is 13.0. The summed E-state index contributed by atoms with van der Waals surface area (Å²) in [6.45, 7) is 1.27. The van der Waals surface area contributed by atoms with E-state index < -0.39 is 0 Å². The van der Waals surface area contributed by atoms with Crippen LogP contribution in [0.3, 0.4) is 0 Å². The zero-order valence-corrected chi connectivity index (χ0v) is 17.1. The molecule has 3 aromatic rings. The Morgan fingerprint density at radius 2 is 1.87 bits per heavy atom. The third-order valence-electron chi connectivity index (χ3n) is 4.40. The lowest BCUT2D eigenvalue weighted by Crippen LogP contribution is -2.37. The highest BCUT2D eigenvalue weighted by atomic mass is 19.1. The van der Waals surface area contributed by atoms with Crippen LogP contribution >= 0.6 is 0 Å². The first-order chi connectivity index (χ1) is 14.7. The Hall–Kier alpha value is -3.61. The average Bonchev–Trinajstić information content (AvgIpc) is 2.78. The second-order valence-corrected chi connectivity index (χ2v) is 6.47. The summed E-state index contributed by atoms with van der Waals surface area (Å²) in [7, 11) is 3.41. The first-order valence-electron chi connectivity index (χ1n) is 9.62. The Morgan fingerprint density at radius 3 is 2.63 bits per heavy atom. The van der Waals surface area contributed by atoms with Gasteiger partial charge in [-0.25, -0.2) is 9.37 Å². The first-order valence-corrected chi connectivity index (χ1v) is 9.62. The van der Waals surface area contributed by atoms with Gasteiger partial charge in [0.15, 0.2) is 5.96 Å². The molecule has 156 valence electrons. The van der Waals surface area contributed by atoms with Gasteiger partial charge >= 0.3 is 0 Å². The molecule has 0 atom stereocenters. The Morgan fingerprint density at radius 1 is 1.07 bits per heavy atom. The van der Waals surface area contributed by atoms with Crippen LogP contribution in [0.15, 0.2) is 71.9 Å². The van der Waals surface area contributed by atoms with Crippen molar-refractivity contribution >= 4 is 5.96 Å². The van der Waals surface area contributed by atoms with Crippen molar-refractivity contribution in [2.75, 3.05) is 20.7 Å². The molecule has 0 aliphatic heterocycles. The second kappa shape index (κ2) is 10.8. The molecule has 0 spiro atoms. The van der Waals surface area contributed by atoms with Crippen molar-refractivity contribution in [2.45, 2.75) is 13.0 Å². The van der Waals surface area contributed by atoms with Crippen LogP contribution in [0.25, 0.3) is 0 Å². The van der Waals surface area contributed by atoms with Crippen molar-refractivity contribution in [3.63, 3.8) is 0 Å². The van der Waals surface area contributed by atoms with Crippen molar-refractivity contribution in [3.8, 4) is 17.4 Å². The fraction of sp³-hybridized carbons (Fsp3) is 0.217. The average molecular weight is 408 g/mol. The van der Waals surface area contributed by atoms with Gasteiger partial charge in [0.2, 0.25) is 5.88 Å². The topological polar surface area (TPSA) is 67.8 Å². The molecular formula is C23H25FN4O2. The molecule has 0 amide bonds. The Labute approximate surface area is 175 Å². The highest BCUT2D eigenvalue weighted by Gasteiger charge is 2.05. The van der Waals surface area contributed by atoms with E-state index in [0.717, 1.165) is 29.8 Å². The molecule has 3 rings (SSSR count). The quantitative estimate of drug-likeness (QED) is 0.437. The molecule has 0 fully saturated rings. The highest BCUT2D eigenvalue weighted by molar-refractivity contribution is 5.79. The molecule has 2 aromatic carbocycles. The summed E-state index contributed by atoms with van der Waals surface area (Å²) in [6, 6.07) is 17.5. The number of aromatic nitrogens is 1. The Bertz CT molecular complexity index is 977. The number of aliphatic imine (C=N–C) groups is 1. The molecule has 0 unspecified atom stereocenters. The number of halogens is 1. The minimum Gasteiger partial charge on any atom is -0.496 e. The lowest BCUT2D eigenvalue weighted by Gasteiger charge is -2.13. The third-order valence-corrected chi connectivity index (χ3v) is 4.40. The van der Waals surface area contributed by atoms with Crippen molar-refractivity contribution in [1.82, 2.24) is 15.6 Å². The number of ether oxygens (including phenoxy) is 2. The minimum absolute atomic E-state index is 0.308. The molecule has 0 saturated heterocycles. The zero-order chi connectivity index (χ0) is 21.2. The van der Waals surface area contributed by atoms with Crippen LogP contribution in [0.1, 0.15) is 11.1 Å². The van der Waals surface area contributed by atoms with E-state index in [4.69, 9.17) is 9.47 Å². The molecular weight excluding hydrogens is 383 g/mol. The van der Waals surface area contributed by atoms with E-state index in [1.165, 1.54) is 12.1 Å². The number of pyridine rings is 1. The number of benzene rings is 2. The monoisotopic (exact) mass is 408 g/mol. The molecule has 2 N–H and O–H groups in total. The van der Waals surface area contributed by atoms with Crippen molar-refractivity contribution in [3.05, 3.63) is 83.8 Å². The number of methoxy groups -OCH3 is 1. The van der Waals surface area contributed by atoms with Gasteiger partial charge in [0, 0.05) is 32.4 Å². The van der Waals surface area contributed by atoms with Gasteiger partial charge in [-0.1, -0.05) is 18.2 Å². The van der Waals surface area contributed by atoms with E-state index >= 15 is 0 Å². The lowest BCUT2D eigenvalue weighted by atomic mass is 10.1. The molecule has 7 heteroatoms. The molecule has 1 heterocycles. The zero-order valence-electron chi connectivity index (χ0n) is 17.1. The van der Waals surface area contributed by atoms with Gasteiger partial charge < -0.3 is 20.1 Å². The van der Waals surface area contributed by atoms with Gasteiger partial charge in [-0.2, -0.15) is 0 Å². The Kier molecular flexibility index (Phi) is 7.60. The number of nitrogens with one attached hydrogen (secondary N) is 2. The molecule has 0 aliphatic rings. The number of hydrogen-bond acceptors (Lipinski definition) is 4. The molecule has 0 bridgehead atoms. The summed E-state index contributed by atoms with van der Waals surface area (Å²) in [5, 5.41) is 6.57. The van der Waals surface area contributed by atoms with Crippen LogP contribution in [0.4, 0.5) is 4.39 Å². The van der Waals surface area contributed by atoms with Gasteiger partial charge in [0.25, 0.3) is 0 Å². The van der Waals surface area contributed by atoms with Crippen LogP contribution in [0.5, 0.6) is 17.4 Å². The smallest absolute Gasteiger partial charge is 0.219 e. The standard InChI is InChI=1S/C23H25FN4O2/c1-25-23(27-14-12-18-5-3-4-6-21(18)29-2)28-16-17-11-13-26-22(15-17)30-20-9-7-19(24)8-10-20/h3-11,13,15H,12,14,16H2,1-2H3,(H2,25,27,28). The second-order valence-electron chi connectivity index (χ2n) is 6.47. The molecule has 6 nitrogen and oxygen atoms in total. The first kappa shape index (κ1) is 21.1. The van der Waals surface area contributed by atoms with Crippen LogP contribution < -0.4 is 20.1 Å². The van der Waals surface area contributed by atoms with E-state index in [1.807, 2.05) is 30.3 Å². The van der Waals surface area contributed by atoms with E-state index in [-0.39, 0.29) is 5.82 Å². The summed E-state index contributed by atoms with van der Waals surface area (Å²) in [4.78, 5) is 8.46. The van der Waals surface area contributed by atoms with Gasteiger partial charge in [0.05, 0.1) is 7.11 Å². The fourth-order valence-electron chi connectivity index (χ4n) is 2.87. The maximum Gasteiger partial charge on any atom is 0.219 e. The van der Waals surface area contributed by atoms with Crippen molar-refractivity contribution in [2.24, 2.45) is 4.99 Å². The number of nitrogens with zero attached hydrogens (tertiary/aromatic N) is 2. The van der Waals surface area contributed by atoms with Gasteiger partial charge in [0.1, 0.15) is 17.3 Å². The van der Waals surface area contributed by atoms with E-state index in [9.17, 15) is 4.39 Å². The van der Waals surface area contributed by atoms with Crippen LogP contribution in [0, 0.1) is 5.82 Å². The number of rotatable bonds is 8. The number of guanidine groups is 1. The van der Waals surface area contributed by atoms with Crippen LogP contribution in [-0.4, -0.2) is 31.6 Å². The molecule has 1 aromatic heterocycles. The maximum absolute atomic E-state index is 13.0. The Balaban J connectivity index is 1.50. The molecule has 30 heavy (non-hydrogen) atoms. The highest BCUT2D eigenvalue weighted by Crippen LogP contribution is 2.20.